The zero-order valence-corrected chi connectivity index (χ0v) is 27.7. The molecule has 0 aliphatic heterocycles. The van der Waals surface area contributed by atoms with Gasteiger partial charge in [0.25, 0.3) is 0 Å². The molecule has 0 heterocycles. The highest BCUT2D eigenvalue weighted by Gasteiger charge is 2.43. The molecule has 0 aliphatic rings. The van der Waals surface area contributed by atoms with Crippen molar-refractivity contribution in [3.63, 3.8) is 0 Å². The molecule has 0 spiro atoms. The summed E-state index contributed by atoms with van der Waals surface area (Å²) < 4.78 is 29.5. The number of hydrogen-bond acceptors (Lipinski definition) is 7. The lowest BCUT2D eigenvalue weighted by Gasteiger charge is -2.42. The lowest BCUT2D eigenvalue weighted by molar-refractivity contribution is -0.171. The van der Waals surface area contributed by atoms with E-state index in [1.165, 1.54) is 0 Å². The molecule has 0 fully saturated rings. The first-order valence-electron chi connectivity index (χ1n) is 14.5. The SMILES string of the molecule is CCC(CC)(CC)OC(=O)[C@@H](C)[C@@H](O)[C@H](C)[C@H](CCOCc1ccc(OC)c(OC)c1)O[Si](C)(C)C(C)(C)C. The standard InChI is InChI=1S/C31H56O7Si/c1-13-31(14-2,15-3)37-29(33)23(5)28(32)22(4)25(38-39(11,12)30(6,7)8)18-19-36-21-24-16-17-26(34-9)27(20-24)35-10/h16-17,20,22-23,25,28,32H,13-15,18-19,21H2,1-12H3/t22-,23+,25+,28+/m1/s1. The average Bonchev–Trinajstić information content (AvgIpc) is 2.91. The van der Waals surface area contributed by atoms with Gasteiger partial charge >= 0.3 is 5.97 Å². The Bertz CT molecular complexity index is 868. The quantitative estimate of drug-likeness (QED) is 0.121. The van der Waals surface area contributed by atoms with E-state index < -0.39 is 25.9 Å². The second-order valence-electron chi connectivity index (χ2n) is 12.3. The van der Waals surface area contributed by atoms with E-state index in [1.54, 1.807) is 21.1 Å². The summed E-state index contributed by atoms with van der Waals surface area (Å²) in [4.78, 5) is 13.1. The number of ether oxygens (including phenoxy) is 4. The molecule has 1 aromatic carbocycles. The van der Waals surface area contributed by atoms with Gasteiger partial charge in [-0.2, -0.15) is 0 Å². The van der Waals surface area contributed by atoms with Crippen molar-refractivity contribution in [3.05, 3.63) is 23.8 Å². The molecule has 226 valence electrons. The van der Waals surface area contributed by atoms with Crippen LogP contribution in [0.5, 0.6) is 11.5 Å². The van der Waals surface area contributed by atoms with Crippen LogP contribution in [0.4, 0.5) is 0 Å². The molecule has 0 aliphatic carbocycles. The predicted octanol–water partition coefficient (Wildman–Crippen LogP) is 7.15. The number of methoxy groups -OCH3 is 2. The van der Waals surface area contributed by atoms with E-state index in [-0.39, 0.29) is 23.0 Å². The van der Waals surface area contributed by atoms with Crippen LogP contribution in [-0.2, 0) is 25.3 Å². The summed E-state index contributed by atoms with van der Waals surface area (Å²) in [5, 5.41) is 11.4. The molecule has 4 atom stereocenters. The summed E-state index contributed by atoms with van der Waals surface area (Å²) in [5.74, 6) is 0.0331. The van der Waals surface area contributed by atoms with Gasteiger partial charge in [0.15, 0.2) is 19.8 Å². The zero-order chi connectivity index (χ0) is 30.0. The highest BCUT2D eigenvalue weighted by atomic mass is 28.4. The second kappa shape index (κ2) is 15.4. The first-order chi connectivity index (χ1) is 18.1. The maximum atomic E-state index is 13.1. The number of rotatable bonds is 17. The molecule has 1 aromatic rings. The summed E-state index contributed by atoms with van der Waals surface area (Å²) in [6.45, 7) is 21.7. The molecule has 0 unspecified atom stereocenters. The van der Waals surface area contributed by atoms with Crippen LogP contribution in [0.25, 0.3) is 0 Å². The Labute approximate surface area is 239 Å². The van der Waals surface area contributed by atoms with E-state index in [9.17, 15) is 9.90 Å². The van der Waals surface area contributed by atoms with Crippen LogP contribution < -0.4 is 9.47 Å². The van der Waals surface area contributed by atoms with Crippen LogP contribution in [0.2, 0.25) is 18.1 Å². The fourth-order valence-corrected chi connectivity index (χ4v) is 5.87. The molecule has 0 radical (unpaired) electrons. The van der Waals surface area contributed by atoms with Crippen LogP contribution in [0.15, 0.2) is 18.2 Å². The van der Waals surface area contributed by atoms with Gasteiger partial charge in [0.1, 0.15) is 5.60 Å². The average molecular weight is 569 g/mol. The van der Waals surface area contributed by atoms with E-state index in [0.717, 1.165) is 24.8 Å². The third-order valence-electron chi connectivity index (χ3n) is 8.77. The largest absolute Gasteiger partial charge is 0.493 e. The third kappa shape index (κ3) is 9.76. The number of aliphatic hydroxyl groups is 1. The Kier molecular flexibility index (Phi) is 14.0. The lowest BCUT2D eigenvalue weighted by atomic mass is 9.87. The topological polar surface area (TPSA) is 83.5 Å². The molecule has 8 heteroatoms. The summed E-state index contributed by atoms with van der Waals surface area (Å²) in [6, 6.07) is 5.72. The molecule has 1 rings (SSSR count). The Hall–Kier alpha value is -1.61. The van der Waals surface area contributed by atoms with Crippen LogP contribution in [0, 0.1) is 11.8 Å². The number of carbonyl (C=O) groups excluding carboxylic acids is 1. The van der Waals surface area contributed by atoms with Crippen LogP contribution in [0.1, 0.15) is 86.6 Å². The van der Waals surface area contributed by atoms with Gasteiger partial charge in [-0.15, -0.1) is 0 Å². The molecule has 1 N–H and O–H groups in total. The van der Waals surface area contributed by atoms with Gasteiger partial charge < -0.3 is 28.5 Å². The summed E-state index contributed by atoms with van der Waals surface area (Å²) in [6.07, 6.45) is 1.68. The number of esters is 1. The van der Waals surface area contributed by atoms with Crippen LogP contribution in [0.3, 0.4) is 0 Å². The fraction of sp³-hybridized carbons (Fsp3) is 0.774. The molecule has 0 amide bonds. The van der Waals surface area contributed by atoms with Gasteiger partial charge in [-0.1, -0.05) is 54.5 Å². The Balaban J connectivity index is 3.00. The van der Waals surface area contributed by atoms with Crippen molar-refractivity contribution in [3.8, 4) is 11.5 Å². The monoisotopic (exact) mass is 568 g/mol. The zero-order valence-electron chi connectivity index (χ0n) is 26.7. The Morgan fingerprint density at radius 3 is 2.03 bits per heavy atom. The van der Waals surface area contributed by atoms with Crippen molar-refractivity contribution in [2.24, 2.45) is 11.8 Å². The number of carbonyl (C=O) groups is 1. The maximum absolute atomic E-state index is 13.1. The first kappa shape index (κ1) is 35.4. The summed E-state index contributed by atoms with van der Waals surface area (Å²) in [7, 11) is 1.07. The highest BCUT2D eigenvalue weighted by molar-refractivity contribution is 6.74. The normalized spacial score (nSPS) is 15.8. The molecule has 7 nitrogen and oxygen atoms in total. The van der Waals surface area contributed by atoms with Gasteiger partial charge in [0, 0.05) is 12.5 Å². The van der Waals surface area contributed by atoms with Gasteiger partial charge in [-0.05, 0) is 68.4 Å². The van der Waals surface area contributed by atoms with Crippen molar-refractivity contribution in [2.75, 3.05) is 20.8 Å². The number of aliphatic hydroxyl groups excluding tert-OH is 1. The molecule has 0 aromatic heterocycles. The fourth-order valence-electron chi connectivity index (χ4n) is 4.43. The van der Waals surface area contributed by atoms with Crippen LogP contribution >= 0.6 is 0 Å². The van der Waals surface area contributed by atoms with Crippen molar-refractivity contribution in [2.45, 2.75) is 124 Å². The molecule has 0 bridgehead atoms. The first-order valence-corrected chi connectivity index (χ1v) is 17.4. The van der Waals surface area contributed by atoms with Gasteiger partial charge in [-0.3, -0.25) is 4.79 Å². The van der Waals surface area contributed by atoms with Crippen molar-refractivity contribution in [1.82, 2.24) is 0 Å². The minimum Gasteiger partial charge on any atom is -0.493 e. The minimum atomic E-state index is -2.15. The molecule has 0 saturated carbocycles. The number of hydrogen-bond donors (Lipinski definition) is 1. The summed E-state index contributed by atoms with van der Waals surface area (Å²) >= 11 is 0. The van der Waals surface area contributed by atoms with E-state index in [1.807, 2.05) is 45.9 Å². The Morgan fingerprint density at radius 2 is 1.54 bits per heavy atom. The van der Waals surface area contributed by atoms with Gasteiger partial charge in [0.2, 0.25) is 0 Å². The van der Waals surface area contributed by atoms with E-state index in [0.29, 0.717) is 31.1 Å². The van der Waals surface area contributed by atoms with E-state index >= 15 is 0 Å². The Morgan fingerprint density at radius 1 is 0.974 bits per heavy atom. The molecule has 0 saturated heterocycles. The van der Waals surface area contributed by atoms with E-state index in [2.05, 4.69) is 33.9 Å². The lowest BCUT2D eigenvalue weighted by Crippen LogP contribution is -2.49. The summed E-state index contributed by atoms with van der Waals surface area (Å²) in [5.41, 5.74) is 0.494. The predicted molar refractivity (Wildman–Crippen MR) is 160 cm³/mol. The maximum Gasteiger partial charge on any atom is 0.311 e. The third-order valence-corrected chi connectivity index (χ3v) is 13.3. The van der Waals surface area contributed by atoms with Crippen molar-refractivity contribution >= 4 is 14.3 Å². The van der Waals surface area contributed by atoms with Crippen LogP contribution in [-0.4, -0.2) is 58.0 Å². The minimum absolute atomic E-state index is 0.00392. The molecule has 39 heavy (non-hydrogen) atoms. The van der Waals surface area contributed by atoms with E-state index in [4.69, 9.17) is 23.4 Å². The smallest absolute Gasteiger partial charge is 0.311 e. The van der Waals surface area contributed by atoms with Gasteiger partial charge in [-0.25, -0.2) is 0 Å². The van der Waals surface area contributed by atoms with Crippen molar-refractivity contribution in [1.29, 1.82) is 0 Å². The highest BCUT2D eigenvalue weighted by Crippen LogP contribution is 2.39. The molecular formula is C31H56O7Si. The number of benzene rings is 1. The van der Waals surface area contributed by atoms with Gasteiger partial charge in [0.05, 0.1) is 39.0 Å². The van der Waals surface area contributed by atoms with Crippen molar-refractivity contribution < 1.29 is 33.3 Å². The molecular weight excluding hydrogens is 512 g/mol. The second-order valence-corrected chi connectivity index (χ2v) is 17.0.